The lowest BCUT2D eigenvalue weighted by atomic mass is 10.1. The third-order valence-corrected chi connectivity index (χ3v) is 6.02. The van der Waals surface area contributed by atoms with Crippen LogP contribution in [0.25, 0.3) is 11.4 Å². The van der Waals surface area contributed by atoms with Crippen molar-refractivity contribution in [1.29, 1.82) is 0 Å². The Morgan fingerprint density at radius 1 is 1.32 bits per heavy atom. The largest absolute Gasteiger partial charge is 0.352 e. The van der Waals surface area contributed by atoms with Crippen molar-refractivity contribution in [3.8, 4) is 11.4 Å². The van der Waals surface area contributed by atoms with Crippen molar-refractivity contribution < 1.29 is 17.7 Å². The SMILES string of the molecule is CCc1ccc(-c2noc(CCC(=O)N[C@H]3CCS(=O)(=O)C3)n2)cc1. The van der Waals surface area contributed by atoms with Crippen LogP contribution in [-0.4, -0.2) is 42.0 Å². The molecule has 2 aromatic rings. The fourth-order valence-corrected chi connectivity index (χ4v) is 4.47. The Bertz CT molecular complexity index is 843. The Kier molecular flexibility index (Phi) is 5.17. The molecule has 1 atom stereocenters. The molecule has 1 aliphatic heterocycles. The van der Waals surface area contributed by atoms with Crippen LogP contribution < -0.4 is 5.32 Å². The second-order valence-corrected chi connectivity index (χ2v) is 8.46. The van der Waals surface area contributed by atoms with E-state index >= 15 is 0 Å². The Morgan fingerprint density at radius 2 is 2.08 bits per heavy atom. The molecule has 2 heterocycles. The third-order valence-electron chi connectivity index (χ3n) is 4.25. The van der Waals surface area contributed by atoms with Gasteiger partial charge in [0.2, 0.25) is 17.6 Å². The van der Waals surface area contributed by atoms with Crippen LogP contribution >= 0.6 is 0 Å². The lowest BCUT2D eigenvalue weighted by Gasteiger charge is -2.09. The summed E-state index contributed by atoms with van der Waals surface area (Å²) in [5.74, 6) is 0.858. The summed E-state index contributed by atoms with van der Waals surface area (Å²) in [6, 6.07) is 7.65. The minimum absolute atomic E-state index is 0.0250. The molecule has 0 aliphatic carbocycles. The first-order valence-electron chi connectivity index (χ1n) is 8.37. The van der Waals surface area contributed by atoms with Gasteiger partial charge in [0.15, 0.2) is 9.84 Å². The number of aromatic nitrogens is 2. The van der Waals surface area contributed by atoms with Crippen molar-refractivity contribution in [3.63, 3.8) is 0 Å². The van der Waals surface area contributed by atoms with Gasteiger partial charge in [-0.05, 0) is 18.4 Å². The van der Waals surface area contributed by atoms with E-state index in [1.165, 1.54) is 5.56 Å². The molecule has 1 amide bonds. The molecule has 0 saturated carbocycles. The number of nitrogens with zero attached hydrogens (tertiary/aromatic N) is 2. The predicted molar refractivity (Wildman–Crippen MR) is 92.6 cm³/mol. The fourth-order valence-electron chi connectivity index (χ4n) is 2.79. The highest BCUT2D eigenvalue weighted by atomic mass is 32.2. The zero-order valence-electron chi connectivity index (χ0n) is 14.1. The highest BCUT2D eigenvalue weighted by Gasteiger charge is 2.28. The molecule has 1 saturated heterocycles. The zero-order valence-corrected chi connectivity index (χ0v) is 14.9. The van der Waals surface area contributed by atoms with E-state index in [4.69, 9.17) is 4.52 Å². The minimum Gasteiger partial charge on any atom is -0.352 e. The predicted octanol–water partition coefficient (Wildman–Crippen LogP) is 1.53. The number of amides is 1. The van der Waals surface area contributed by atoms with Crippen LogP contribution in [0, 0.1) is 0 Å². The number of carbonyl (C=O) groups is 1. The van der Waals surface area contributed by atoms with Crippen molar-refractivity contribution in [2.24, 2.45) is 0 Å². The monoisotopic (exact) mass is 363 g/mol. The van der Waals surface area contributed by atoms with Gasteiger partial charge in [-0.2, -0.15) is 4.98 Å². The van der Waals surface area contributed by atoms with E-state index in [1.54, 1.807) is 0 Å². The standard InChI is InChI=1S/C17H21N3O4S/c1-2-12-3-5-13(6-4-12)17-19-16(24-20-17)8-7-15(21)18-14-9-10-25(22,23)11-14/h3-6,14H,2,7-11H2,1H3,(H,18,21)/t14-/m0/s1. The van der Waals surface area contributed by atoms with Gasteiger partial charge in [0.1, 0.15) is 0 Å². The molecule has 25 heavy (non-hydrogen) atoms. The number of benzene rings is 1. The number of hydrogen-bond donors (Lipinski definition) is 1. The van der Waals surface area contributed by atoms with Gasteiger partial charge in [-0.1, -0.05) is 36.3 Å². The molecule has 134 valence electrons. The molecule has 1 aliphatic rings. The second kappa shape index (κ2) is 7.35. The molecule has 1 N–H and O–H groups in total. The maximum atomic E-state index is 11.9. The van der Waals surface area contributed by atoms with Crippen molar-refractivity contribution in [2.45, 2.75) is 38.6 Å². The Labute approximate surface area is 146 Å². The maximum absolute atomic E-state index is 11.9. The van der Waals surface area contributed by atoms with Gasteiger partial charge in [-0.25, -0.2) is 8.42 Å². The summed E-state index contributed by atoms with van der Waals surface area (Å²) in [5.41, 5.74) is 2.10. The van der Waals surface area contributed by atoms with E-state index in [2.05, 4.69) is 22.4 Å². The molecular formula is C17H21N3O4S. The first-order chi connectivity index (χ1) is 11.9. The van der Waals surface area contributed by atoms with Crippen LogP contribution in [0.2, 0.25) is 0 Å². The van der Waals surface area contributed by atoms with Gasteiger partial charge in [0.25, 0.3) is 0 Å². The summed E-state index contributed by atoms with van der Waals surface area (Å²) >= 11 is 0. The molecule has 1 aromatic carbocycles. The van der Waals surface area contributed by atoms with Crippen molar-refractivity contribution in [3.05, 3.63) is 35.7 Å². The van der Waals surface area contributed by atoms with Crippen molar-refractivity contribution >= 4 is 15.7 Å². The molecule has 0 radical (unpaired) electrons. The molecule has 0 unspecified atom stereocenters. The third kappa shape index (κ3) is 4.66. The summed E-state index contributed by atoms with van der Waals surface area (Å²) in [6.45, 7) is 2.09. The first kappa shape index (κ1) is 17.6. The molecule has 1 fully saturated rings. The molecule has 0 bridgehead atoms. The van der Waals surface area contributed by atoms with Gasteiger partial charge >= 0.3 is 0 Å². The average molecular weight is 363 g/mol. The summed E-state index contributed by atoms with van der Waals surface area (Å²) in [5, 5.41) is 6.69. The highest BCUT2D eigenvalue weighted by molar-refractivity contribution is 7.91. The Hall–Kier alpha value is -2.22. The van der Waals surface area contributed by atoms with E-state index < -0.39 is 9.84 Å². The quantitative estimate of drug-likeness (QED) is 0.835. The van der Waals surface area contributed by atoms with E-state index in [0.29, 0.717) is 24.6 Å². The summed E-state index contributed by atoms with van der Waals surface area (Å²) < 4.78 is 28.0. The fraction of sp³-hybridized carbons (Fsp3) is 0.471. The van der Waals surface area contributed by atoms with Crippen molar-refractivity contribution in [1.82, 2.24) is 15.5 Å². The minimum atomic E-state index is -3.00. The van der Waals surface area contributed by atoms with Crippen LogP contribution in [-0.2, 0) is 27.5 Å². The van der Waals surface area contributed by atoms with Gasteiger partial charge in [-0.15, -0.1) is 0 Å². The normalized spacial score (nSPS) is 19.0. The Balaban J connectivity index is 1.52. The topological polar surface area (TPSA) is 102 Å². The van der Waals surface area contributed by atoms with E-state index in [0.717, 1.165) is 12.0 Å². The zero-order chi connectivity index (χ0) is 17.9. The number of carbonyl (C=O) groups excluding carboxylic acids is 1. The van der Waals surface area contributed by atoms with Crippen LogP contribution in [0.1, 0.15) is 31.2 Å². The number of hydrogen-bond acceptors (Lipinski definition) is 6. The lowest BCUT2D eigenvalue weighted by Crippen LogP contribution is -2.35. The van der Waals surface area contributed by atoms with Gasteiger partial charge in [0, 0.05) is 24.4 Å². The van der Waals surface area contributed by atoms with Gasteiger partial charge in [0.05, 0.1) is 11.5 Å². The lowest BCUT2D eigenvalue weighted by molar-refractivity contribution is -0.121. The molecular weight excluding hydrogens is 342 g/mol. The van der Waals surface area contributed by atoms with Crippen LogP contribution in [0.5, 0.6) is 0 Å². The van der Waals surface area contributed by atoms with E-state index in [9.17, 15) is 13.2 Å². The second-order valence-electron chi connectivity index (χ2n) is 6.23. The highest BCUT2D eigenvalue weighted by Crippen LogP contribution is 2.17. The molecule has 8 heteroatoms. The Morgan fingerprint density at radius 3 is 2.72 bits per heavy atom. The average Bonchev–Trinajstić information content (AvgIpc) is 3.19. The number of rotatable bonds is 6. The summed E-state index contributed by atoms with van der Waals surface area (Å²) in [6.07, 6.45) is 1.96. The molecule has 0 spiro atoms. The number of sulfone groups is 1. The maximum Gasteiger partial charge on any atom is 0.227 e. The molecule has 7 nitrogen and oxygen atoms in total. The van der Waals surface area contributed by atoms with Gasteiger partial charge < -0.3 is 9.84 Å². The first-order valence-corrected chi connectivity index (χ1v) is 10.2. The molecule has 1 aromatic heterocycles. The van der Waals surface area contributed by atoms with E-state index in [-0.39, 0.29) is 29.9 Å². The smallest absolute Gasteiger partial charge is 0.227 e. The molecule has 3 rings (SSSR count). The number of nitrogens with one attached hydrogen (secondary N) is 1. The van der Waals surface area contributed by atoms with Crippen molar-refractivity contribution in [2.75, 3.05) is 11.5 Å². The van der Waals surface area contributed by atoms with Crippen LogP contribution in [0.3, 0.4) is 0 Å². The van der Waals surface area contributed by atoms with E-state index in [1.807, 2.05) is 24.3 Å². The van der Waals surface area contributed by atoms with Crippen LogP contribution in [0.15, 0.2) is 28.8 Å². The van der Waals surface area contributed by atoms with Crippen LogP contribution in [0.4, 0.5) is 0 Å². The summed E-state index contributed by atoms with van der Waals surface area (Å²) in [7, 11) is -3.00. The summed E-state index contributed by atoms with van der Waals surface area (Å²) in [4.78, 5) is 16.2. The van der Waals surface area contributed by atoms with Gasteiger partial charge in [-0.3, -0.25) is 4.79 Å². The number of aryl methyl sites for hydroxylation is 2.